The lowest BCUT2D eigenvalue weighted by atomic mass is 10.0. The van der Waals surface area contributed by atoms with Gasteiger partial charge in [0.15, 0.2) is 0 Å². The molecule has 2 bridgehead atoms. The SMILES string of the molecule is CCN1[C@@H]2CC[C@H]1CC(S(N)(=O)=O)C2. The van der Waals surface area contributed by atoms with Gasteiger partial charge >= 0.3 is 0 Å². The molecule has 5 heteroatoms. The Balaban J connectivity index is 2.13. The molecule has 2 rings (SSSR count). The summed E-state index contributed by atoms with van der Waals surface area (Å²) in [6.45, 7) is 3.18. The van der Waals surface area contributed by atoms with E-state index in [9.17, 15) is 8.42 Å². The van der Waals surface area contributed by atoms with Crippen LogP contribution in [0.3, 0.4) is 0 Å². The summed E-state index contributed by atoms with van der Waals surface area (Å²) in [6, 6.07) is 0.921. The zero-order valence-corrected chi connectivity index (χ0v) is 9.33. The zero-order chi connectivity index (χ0) is 10.3. The molecule has 2 aliphatic heterocycles. The first-order valence-electron chi connectivity index (χ1n) is 5.29. The molecule has 2 aliphatic rings. The lowest BCUT2D eigenvalue weighted by molar-refractivity contribution is 0.150. The summed E-state index contributed by atoms with van der Waals surface area (Å²) in [6.07, 6.45) is 3.77. The van der Waals surface area contributed by atoms with E-state index in [1.54, 1.807) is 0 Å². The molecule has 2 saturated heterocycles. The van der Waals surface area contributed by atoms with Crippen LogP contribution in [0.2, 0.25) is 0 Å². The van der Waals surface area contributed by atoms with Crippen molar-refractivity contribution in [2.24, 2.45) is 5.14 Å². The normalized spacial score (nSPS) is 38.9. The van der Waals surface area contributed by atoms with Crippen molar-refractivity contribution in [3.05, 3.63) is 0 Å². The molecule has 3 atom stereocenters. The van der Waals surface area contributed by atoms with Gasteiger partial charge in [-0.15, -0.1) is 0 Å². The number of hydrogen-bond donors (Lipinski definition) is 1. The Labute approximate surface area is 85.5 Å². The molecule has 0 saturated carbocycles. The number of sulfonamides is 1. The fraction of sp³-hybridized carbons (Fsp3) is 1.00. The highest BCUT2D eigenvalue weighted by atomic mass is 32.2. The number of fused-ring (bicyclic) bond motifs is 2. The molecule has 0 aromatic carbocycles. The van der Waals surface area contributed by atoms with Crippen molar-refractivity contribution in [2.45, 2.75) is 49.9 Å². The minimum Gasteiger partial charge on any atom is -0.298 e. The van der Waals surface area contributed by atoms with Crippen LogP contribution >= 0.6 is 0 Å². The lowest BCUT2D eigenvalue weighted by Gasteiger charge is -2.37. The van der Waals surface area contributed by atoms with Crippen molar-refractivity contribution in [2.75, 3.05) is 6.54 Å². The van der Waals surface area contributed by atoms with Gasteiger partial charge < -0.3 is 0 Å². The molecule has 0 aromatic rings. The van der Waals surface area contributed by atoms with E-state index >= 15 is 0 Å². The third-order valence-corrected chi connectivity index (χ3v) is 4.98. The molecule has 4 nitrogen and oxygen atoms in total. The van der Waals surface area contributed by atoms with E-state index < -0.39 is 10.0 Å². The van der Waals surface area contributed by atoms with Crippen molar-refractivity contribution < 1.29 is 8.42 Å². The highest BCUT2D eigenvalue weighted by molar-refractivity contribution is 7.89. The molecule has 14 heavy (non-hydrogen) atoms. The second-order valence-electron chi connectivity index (χ2n) is 4.40. The molecule has 2 heterocycles. The summed E-state index contributed by atoms with van der Waals surface area (Å²) in [4.78, 5) is 2.43. The lowest BCUT2D eigenvalue weighted by Crippen LogP contribution is -2.48. The smallest absolute Gasteiger partial charge is 0.212 e. The van der Waals surface area contributed by atoms with Crippen LogP contribution in [0.5, 0.6) is 0 Å². The predicted molar refractivity (Wildman–Crippen MR) is 55.3 cm³/mol. The van der Waals surface area contributed by atoms with E-state index in [0.29, 0.717) is 12.1 Å². The first-order chi connectivity index (χ1) is 6.52. The van der Waals surface area contributed by atoms with E-state index in [1.807, 2.05) is 0 Å². The Morgan fingerprint density at radius 2 is 1.79 bits per heavy atom. The maximum absolute atomic E-state index is 11.3. The molecule has 0 amide bonds. The van der Waals surface area contributed by atoms with Gasteiger partial charge in [0, 0.05) is 12.1 Å². The predicted octanol–water partition coefficient (Wildman–Crippen LogP) is 0.290. The molecule has 0 radical (unpaired) electrons. The van der Waals surface area contributed by atoms with Crippen molar-refractivity contribution in [3.8, 4) is 0 Å². The number of rotatable bonds is 2. The zero-order valence-electron chi connectivity index (χ0n) is 8.52. The van der Waals surface area contributed by atoms with Gasteiger partial charge in [-0.25, -0.2) is 13.6 Å². The number of piperidine rings is 1. The summed E-state index contributed by atoms with van der Waals surface area (Å²) in [5.74, 6) is 0. The first-order valence-corrected chi connectivity index (χ1v) is 6.90. The summed E-state index contributed by atoms with van der Waals surface area (Å²) >= 11 is 0. The second-order valence-corrected chi connectivity index (χ2v) is 6.24. The van der Waals surface area contributed by atoms with Crippen LogP contribution in [0.1, 0.15) is 32.6 Å². The topological polar surface area (TPSA) is 63.4 Å². The highest BCUT2D eigenvalue weighted by Gasteiger charge is 2.43. The van der Waals surface area contributed by atoms with E-state index in [4.69, 9.17) is 5.14 Å². The van der Waals surface area contributed by atoms with Gasteiger partial charge in [-0.05, 0) is 32.2 Å². The average Bonchev–Trinajstić information content (AvgIpc) is 2.32. The minimum absolute atomic E-state index is 0.289. The maximum atomic E-state index is 11.3. The monoisotopic (exact) mass is 218 g/mol. The Kier molecular flexibility index (Phi) is 2.57. The molecule has 0 spiro atoms. The minimum atomic E-state index is -3.31. The quantitative estimate of drug-likeness (QED) is 0.724. The van der Waals surface area contributed by atoms with Crippen LogP contribution in [0.15, 0.2) is 0 Å². The highest BCUT2D eigenvalue weighted by Crippen LogP contribution is 2.37. The van der Waals surface area contributed by atoms with Crippen molar-refractivity contribution in [1.82, 2.24) is 4.90 Å². The summed E-state index contributed by atoms with van der Waals surface area (Å²) in [5, 5.41) is 4.91. The Morgan fingerprint density at radius 1 is 1.29 bits per heavy atom. The van der Waals surface area contributed by atoms with Crippen molar-refractivity contribution in [3.63, 3.8) is 0 Å². The van der Waals surface area contributed by atoms with Crippen molar-refractivity contribution >= 4 is 10.0 Å². The standard InChI is InChI=1S/C9H18N2O2S/c1-2-11-7-3-4-8(11)6-9(5-7)14(10,12)13/h7-9H,2-6H2,1H3,(H2,10,12,13)/t7-,8+,9?. The summed E-state index contributed by atoms with van der Waals surface area (Å²) in [7, 11) is -3.31. The fourth-order valence-electron chi connectivity index (χ4n) is 3.01. The van der Waals surface area contributed by atoms with Gasteiger partial charge in [0.25, 0.3) is 0 Å². The third-order valence-electron chi connectivity index (χ3n) is 3.67. The second kappa shape index (κ2) is 3.47. The summed E-state index contributed by atoms with van der Waals surface area (Å²) < 4.78 is 22.5. The number of nitrogens with zero attached hydrogens (tertiary/aromatic N) is 1. The fourth-order valence-corrected chi connectivity index (χ4v) is 3.99. The molecule has 0 aliphatic carbocycles. The van der Waals surface area contributed by atoms with E-state index in [0.717, 1.165) is 32.2 Å². The van der Waals surface area contributed by atoms with Crippen LogP contribution < -0.4 is 5.14 Å². The Morgan fingerprint density at radius 3 is 2.14 bits per heavy atom. The van der Waals surface area contributed by atoms with Gasteiger partial charge in [0.05, 0.1) is 5.25 Å². The molecule has 2 fully saturated rings. The van der Waals surface area contributed by atoms with Gasteiger partial charge in [0.1, 0.15) is 0 Å². The van der Waals surface area contributed by atoms with Crippen LogP contribution in [0, 0.1) is 0 Å². The average molecular weight is 218 g/mol. The molecule has 1 unspecified atom stereocenters. The Hall–Kier alpha value is -0.130. The third kappa shape index (κ3) is 1.68. The number of primary sulfonamides is 1. The molecule has 82 valence electrons. The Bertz CT molecular complexity index is 301. The van der Waals surface area contributed by atoms with Crippen LogP contribution in [-0.2, 0) is 10.0 Å². The molecular formula is C9H18N2O2S. The van der Waals surface area contributed by atoms with Crippen LogP contribution in [0.25, 0.3) is 0 Å². The van der Waals surface area contributed by atoms with E-state index in [2.05, 4.69) is 11.8 Å². The van der Waals surface area contributed by atoms with Gasteiger partial charge in [-0.1, -0.05) is 6.92 Å². The maximum Gasteiger partial charge on any atom is 0.212 e. The van der Waals surface area contributed by atoms with Gasteiger partial charge in [0.2, 0.25) is 10.0 Å². The number of nitrogens with two attached hydrogens (primary N) is 1. The van der Waals surface area contributed by atoms with Crippen molar-refractivity contribution in [1.29, 1.82) is 0 Å². The van der Waals surface area contributed by atoms with E-state index in [1.165, 1.54) is 0 Å². The molecule has 0 aromatic heterocycles. The van der Waals surface area contributed by atoms with Gasteiger partial charge in [-0.3, -0.25) is 4.90 Å². The molecule has 2 N–H and O–H groups in total. The number of hydrogen-bond acceptors (Lipinski definition) is 3. The molecular weight excluding hydrogens is 200 g/mol. The van der Waals surface area contributed by atoms with Crippen LogP contribution in [0.4, 0.5) is 0 Å². The largest absolute Gasteiger partial charge is 0.298 e. The van der Waals surface area contributed by atoms with Crippen LogP contribution in [-0.4, -0.2) is 37.2 Å². The summed E-state index contributed by atoms with van der Waals surface area (Å²) in [5.41, 5.74) is 0. The van der Waals surface area contributed by atoms with Gasteiger partial charge in [-0.2, -0.15) is 0 Å². The first kappa shape index (κ1) is 10.4. The van der Waals surface area contributed by atoms with E-state index in [-0.39, 0.29) is 5.25 Å².